The molecule has 21 heavy (non-hydrogen) atoms. The largest absolute Gasteiger partial charge is 0.375 e. The van der Waals surface area contributed by atoms with Crippen molar-refractivity contribution < 1.29 is 23.7 Å². The Morgan fingerprint density at radius 3 is 1.38 bits per heavy atom. The molecule has 2 aliphatic heterocycles. The van der Waals surface area contributed by atoms with Crippen LogP contribution in [0.5, 0.6) is 0 Å². The third-order valence-corrected chi connectivity index (χ3v) is 4.31. The van der Waals surface area contributed by atoms with Gasteiger partial charge in [0.2, 0.25) is 0 Å². The Hall–Kier alpha value is -0.200. The average molecular weight is 302 g/mol. The first-order valence-corrected chi connectivity index (χ1v) is 7.91. The number of hydrogen-bond acceptors (Lipinski definition) is 5. The van der Waals surface area contributed by atoms with Crippen LogP contribution in [-0.4, -0.2) is 49.2 Å². The van der Waals surface area contributed by atoms with Gasteiger partial charge in [-0.3, -0.25) is 0 Å². The summed E-state index contributed by atoms with van der Waals surface area (Å²) < 4.78 is 29.4. The van der Waals surface area contributed by atoms with Crippen LogP contribution in [-0.2, 0) is 23.7 Å². The third kappa shape index (κ3) is 3.96. The molecule has 0 N–H and O–H groups in total. The van der Waals surface area contributed by atoms with Gasteiger partial charge in [-0.1, -0.05) is 13.8 Å². The van der Waals surface area contributed by atoms with Crippen LogP contribution in [0.25, 0.3) is 0 Å². The molecule has 5 nitrogen and oxygen atoms in total. The van der Waals surface area contributed by atoms with Crippen LogP contribution in [0.2, 0.25) is 0 Å². The molecule has 2 aliphatic rings. The fourth-order valence-electron chi connectivity index (χ4n) is 2.89. The zero-order valence-electron chi connectivity index (χ0n) is 14.3. The molecule has 0 aromatic carbocycles. The molecule has 0 aliphatic carbocycles. The Balaban J connectivity index is 1.88. The minimum absolute atomic E-state index is 0.354. The lowest BCUT2D eigenvalue weighted by Crippen LogP contribution is -2.43. The number of hydrogen-bond donors (Lipinski definition) is 0. The van der Waals surface area contributed by atoms with E-state index in [9.17, 15) is 0 Å². The van der Waals surface area contributed by atoms with Crippen LogP contribution in [0.1, 0.15) is 54.4 Å². The van der Waals surface area contributed by atoms with Crippen LogP contribution < -0.4 is 0 Å². The van der Waals surface area contributed by atoms with Gasteiger partial charge < -0.3 is 23.7 Å². The zero-order chi connectivity index (χ0) is 15.8. The fraction of sp³-hybridized carbons (Fsp3) is 1.00. The highest BCUT2D eigenvalue weighted by atomic mass is 16.8. The molecule has 0 bridgehead atoms. The second-order valence-corrected chi connectivity index (χ2v) is 7.15. The quantitative estimate of drug-likeness (QED) is 0.755. The second kappa shape index (κ2) is 5.78. The molecule has 0 radical (unpaired) electrons. The van der Waals surface area contributed by atoms with Gasteiger partial charge in [0.1, 0.15) is 11.2 Å². The summed E-state index contributed by atoms with van der Waals surface area (Å²) in [6.07, 6.45) is 1.72. The average Bonchev–Trinajstić information content (AvgIpc) is 2.88. The van der Waals surface area contributed by atoms with Gasteiger partial charge in [-0.2, -0.15) is 0 Å². The van der Waals surface area contributed by atoms with Gasteiger partial charge in [-0.15, -0.1) is 0 Å². The first-order valence-electron chi connectivity index (χ1n) is 7.91. The van der Waals surface area contributed by atoms with Gasteiger partial charge >= 0.3 is 0 Å². The molecule has 2 fully saturated rings. The maximum atomic E-state index is 6.04. The highest BCUT2D eigenvalue weighted by molar-refractivity contribution is 4.90. The van der Waals surface area contributed by atoms with Crippen LogP contribution >= 0.6 is 0 Å². The van der Waals surface area contributed by atoms with Crippen LogP contribution in [0, 0.1) is 0 Å². The zero-order valence-corrected chi connectivity index (χ0v) is 14.3. The molecule has 0 aromatic rings. The van der Waals surface area contributed by atoms with Crippen molar-refractivity contribution in [3.63, 3.8) is 0 Å². The van der Waals surface area contributed by atoms with Gasteiger partial charge in [0.05, 0.1) is 26.4 Å². The molecule has 5 heteroatoms. The predicted molar refractivity (Wildman–Crippen MR) is 79.1 cm³/mol. The molecule has 0 spiro atoms. The summed E-state index contributed by atoms with van der Waals surface area (Å²) in [7, 11) is 0. The van der Waals surface area contributed by atoms with Crippen molar-refractivity contribution in [3.05, 3.63) is 0 Å². The fourth-order valence-corrected chi connectivity index (χ4v) is 2.89. The molecule has 0 saturated carbocycles. The van der Waals surface area contributed by atoms with E-state index < -0.39 is 11.6 Å². The van der Waals surface area contributed by atoms with Crippen molar-refractivity contribution in [2.45, 2.75) is 77.2 Å². The minimum atomic E-state index is -0.531. The lowest BCUT2D eigenvalue weighted by molar-refractivity contribution is -0.192. The smallest absolute Gasteiger partial charge is 0.163 e. The van der Waals surface area contributed by atoms with E-state index in [0.717, 1.165) is 12.8 Å². The lowest BCUT2D eigenvalue weighted by atomic mass is 10.0. The van der Waals surface area contributed by atoms with E-state index in [1.54, 1.807) is 0 Å². The van der Waals surface area contributed by atoms with Crippen LogP contribution in [0.4, 0.5) is 0 Å². The molecule has 2 heterocycles. The topological polar surface area (TPSA) is 46.2 Å². The SMILES string of the molecule is CCC1(COCC2(CC)COC(C)(C)O2)COC(C)(C)O1. The number of rotatable bonds is 6. The molecule has 2 saturated heterocycles. The molecule has 2 rings (SSSR count). The Bertz CT molecular complexity index is 334. The normalized spacial score (nSPS) is 38.0. The van der Waals surface area contributed by atoms with E-state index in [2.05, 4.69) is 13.8 Å². The second-order valence-electron chi connectivity index (χ2n) is 7.15. The summed E-state index contributed by atoms with van der Waals surface area (Å²) in [6, 6.07) is 0. The van der Waals surface area contributed by atoms with Crippen molar-refractivity contribution in [2.75, 3.05) is 26.4 Å². The van der Waals surface area contributed by atoms with Crippen molar-refractivity contribution in [2.24, 2.45) is 0 Å². The molecular weight excluding hydrogens is 272 g/mol. The Morgan fingerprint density at radius 1 is 0.762 bits per heavy atom. The molecule has 2 atom stereocenters. The van der Waals surface area contributed by atoms with Crippen LogP contribution in [0.3, 0.4) is 0 Å². The van der Waals surface area contributed by atoms with E-state index in [0.29, 0.717) is 26.4 Å². The standard InChI is InChI=1S/C16H30O5/c1-7-15(11-18-13(3,4)20-15)9-17-10-16(8-2)12-19-14(5,6)21-16/h7-12H2,1-6H3. The lowest BCUT2D eigenvalue weighted by Gasteiger charge is -2.31. The first-order chi connectivity index (χ1) is 9.66. The highest BCUT2D eigenvalue weighted by Crippen LogP contribution is 2.36. The summed E-state index contributed by atoms with van der Waals surface area (Å²) in [5.41, 5.74) is -0.708. The first kappa shape index (κ1) is 17.2. The summed E-state index contributed by atoms with van der Waals surface area (Å²) >= 11 is 0. The Kier molecular flexibility index (Phi) is 4.72. The summed E-state index contributed by atoms with van der Waals surface area (Å²) in [4.78, 5) is 0. The maximum absolute atomic E-state index is 6.04. The van der Waals surface area contributed by atoms with Gasteiger partial charge in [-0.25, -0.2) is 0 Å². The van der Waals surface area contributed by atoms with E-state index in [1.165, 1.54) is 0 Å². The minimum Gasteiger partial charge on any atom is -0.375 e. The summed E-state index contributed by atoms with van der Waals surface area (Å²) in [5.74, 6) is -1.06. The Labute approximate surface area is 128 Å². The molecule has 0 aromatic heterocycles. The predicted octanol–water partition coefficient (Wildman–Crippen LogP) is 2.87. The van der Waals surface area contributed by atoms with Gasteiger partial charge in [0, 0.05) is 0 Å². The van der Waals surface area contributed by atoms with Gasteiger partial charge in [0.15, 0.2) is 11.6 Å². The highest BCUT2D eigenvalue weighted by Gasteiger charge is 2.47. The van der Waals surface area contributed by atoms with Crippen LogP contribution in [0.15, 0.2) is 0 Å². The van der Waals surface area contributed by atoms with Gasteiger partial charge in [-0.05, 0) is 40.5 Å². The van der Waals surface area contributed by atoms with E-state index in [4.69, 9.17) is 23.7 Å². The Morgan fingerprint density at radius 2 is 1.14 bits per heavy atom. The van der Waals surface area contributed by atoms with Crippen molar-refractivity contribution in [3.8, 4) is 0 Å². The van der Waals surface area contributed by atoms with Crippen molar-refractivity contribution in [1.29, 1.82) is 0 Å². The molecule has 124 valence electrons. The monoisotopic (exact) mass is 302 g/mol. The van der Waals surface area contributed by atoms with Crippen molar-refractivity contribution >= 4 is 0 Å². The summed E-state index contributed by atoms with van der Waals surface area (Å²) in [5, 5.41) is 0. The van der Waals surface area contributed by atoms with Crippen molar-refractivity contribution in [1.82, 2.24) is 0 Å². The summed E-state index contributed by atoms with van der Waals surface area (Å²) in [6.45, 7) is 14.1. The molecular formula is C16H30O5. The van der Waals surface area contributed by atoms with E-state index in [-0.39, 0.29) is 11.2 Å². The van der Waals surface area contributed by atoms with Gasteiger partial charge in [0.25, 0.3) is 0 Å². The number of ether oxygens (including phenoxy) is 5. The molecule has 0 amide bonds. The van der Waals surface area contributed by atoms with E-state index in [1.807, 2.05) is 27.7 Å². The molecule has 2 unspecified atom stereocenters. The third-order valence-electron chi connectivity index (χ3n) is 4.31. The maximum Gasteiger partial charge on any atom is 0.163 e. The van der Waals surface area contributed by atoms with E-state index >= 15 is 0 Å².